The molecule has 0 saturated carbocycles. The number of nitrogens with one attached hydrogen (secondary N) is 1. The Morgan fingerprint density at radius 1 is 1.03 bits per heavy atom. The molecule has 0 bridgehead atoms. The molecule has 6 heteroatoms. The molecule has 0 aliphatic heterocycles. The van der Waals surface area contributed by atoms with Crippen molar-refractivity contribution in [3.8, 4) is 0 Å². The van der Waals surface area contributed by atoms with Crippen LogP contribution in [0.25, 0.3) is 6.08 Å². The van der Waals surface area contributed by atoms with E-state index in [-0.39, 0.29) is 17.3 Å². The summed E-state index contributed by atoms with van der Waals surface area (Å²) in [5.74, 6) is -0.359. The van der Waals surface area contributed by atoms with Gasteiger partial charge in [-0.3, -0.25) is 9.78 Å². The number of hydrogen-bond donors (Lipinski definition) is 1. The lowest BCUT2D eigenvalue weighted by Crippen LogP contribution is -2.31. The first-order valence-corrected chi connectivity index (χ1v) is 10.7. The third-order valence-corrected chi connectivity index (χ3v) is 6.59. The summed E-state index contributed by atoms with van der Waals surface area (Å²) in [7, 11) is -3.71. The third-order valence-electron chi connectivity index (χ3n) is 4.47. The minimum absolute atomic E-state index is 0.0557. The monoisotopic (exact) mass is 406 g/mol. The number of sulfone groups is 1. The lowest BCUT2D eigenvalue weighted by Gasteiger charge is -2.18. The van der Waals surface area contributed by atoms with Crippen LogP contribution in [0.3, 0.4) is 0 Å². The van der Waals surface area contributed by atoms with Crippen molar-refractivity contribution in [2.24, 2.45) is 0 Å². The molecule has 2 aromatic carbocycles. The molecule has 0 unspecified atom stereocenters. The Morgan fingerprint density at radius 2 is 1.76 bits per heavy atom. The highest BCUT2D eigenvalue weighted by molar-refractivity contribution is 7.91. The minimum Gasteiger partial charge on any atom is -0.351 e. The number of pyridine rings is 1. The summed E-state index contributed by atoms with van der Waals surface area (Å²) >= 11 is 0. The van der Waals surface area contributed by atoms with Crippen LogP contribution in [0.5, 0.6) is 0 Å². The molecule has 0 fully saturated rings. The number of nitrogens with zero attached hydrogens (tertiary/aromatic N) is 1. The normalized spacial score (nSPS) is 12.6. The van der Waals surface area contributed by atoms with E-state index in [4.69, 9.17) is 0 Å². The van der Waals surface area contributed by atoms with Crippen LogP contribution in [0, 0.1) is 6.92 Å². The van der Waals surface area contributed by atoms with Gasteiger partial charge in [-0.2, -0.15) is 0 Å². The van der Waals surface area contributed by atoms with Gasteiger partial charge in [0.15, 0.2) is 9.84 Å². The van der Waals surface area contributed by atoms with E-state index >= 15 is 0 Å². The average Bonchev–Trinajstić information content (AvgIpc) is 2.74. The lowest BCUT2D eigenvalue weighted by atomic mass is 10.2. The number of carbonyl (C=O) groups excluding carboxylic acids is 1. The number of hydrogen-bond acceptors (Lipinski definition) is 4. The Labute approximate surface area is 171 Å². The van der Waals surface area contributed by atoms with Gasteiger partial charge in [-0.15, -0.1) is 0 Å². The summed E-state index contributed by atoms with van der Waals surface area (Å²) in [6.07, 6.45) is 6.18. The molecule has 1 N–H and O–H groups in total. The van der Waals surface area contributed by atoms with Crippen molar-refractivity contribution in [3.63, 3.8) is 0 Å². The van der Waals surface area contributed by atoms with Crippen LogP contribution in [0.1, 0.15) is 21.9 Å². The van der Waals surface area contributed by atoms with Crippen molar-refractivity contribution in [2.45, 2.75) is 17.1 Å². The second-order valence-corrected chi connectivity index (χ2v) is 8.75. The molecule has 0 saturated heterocycles. The number of benzene rings is 2. The Balaban J connectivity index is 1.80. The standard InChI is InChI=1S/C23H22N2O3S/c1-18-9-12-21(13-10-18)29(27,28)22(20-8-5-15-24-16-20)17-25-23(26)14-11-19-6-3-2-4-7-19/h2-16,22H,17H2,1H3,(H,25,26)/b14-11+/t22-/m1/s1. The van der Waals surface area contributed by atoms with Crippen LogP contribution in [-0.4, -0.2) is 25.9 Å². The summed E-state index contributed by atoms with van der Waals surface area (Å²) in [5.41, 5.74) is 2.39. The van der Waals surface area contributed by atoms with Crippen LogP contribution in [0.15, 0.2) is 90.1 Å². The smallest absolute Gasteiger partial charge is 0.244 e. The summed E-state index contributed by atoms with van der Waals surface area (Å²) in [4.78, 5) is 16.5. The molecule has 29 heavy (non-hydrogen) atoms. The lowest BCUT2D eigenvalue weighted by molar-refractivity contribution is -0.116. The molecular formula is C23H22N2O3S. The number of aromatic nitrogens is 1. The van der Waals surface area contributed by atoms with Crippen LogP contribution >= 0.6 is 0 Å². The molecule has 3 aromatic rings. The maximum absolute atomic E-state index is 13.2. The van der Waals surface area contributed by atoms with E-state index in [0.29, 0.717) is 5.56 Å². The molecular weight excluding hydrogens is 384 g/mol. The molecule has 1 heterocycles. The Kier molecular flexibility index (Phi) is 6.57. The molecule has 5 nitrogen and oxygen atoms in total. The van der Waals surface area contributed by atoms with Gasteiger partial charge in [-0.05, 0) is 42.3 Å². The van der Waals surface area contributed by atoms with Gasteiger partial charge >= 0.3 is 0 Å². The second kappa shape index (κ2) is 9.30. The van der Waals surface area contributed by atoms with Gasteiger partial charge in [0.2, 0.25) is 5.91 Å². The maximum atomic E-state index is 13.2. The van der Waals surface area contributed by atoms with Gasteiger partial charge in [0, 0.05) is 25.0 Å². The van der Waals surface area contributed by atoms with Crippen LogP contribution in [0.4, 0.5) is 0 Å². The summed E-state index contributed by atoms with van der Waals surface area (Å²) in [6, 6.07) is 19.5. The van der Waals surface area contributed by atoms with E-state index < -0.39 is 15.1 Å². The van der Waals surface area contributed by atoms with Gasteiger partial charge in [0.25, 0.3) is 0 Å². The Hall–Kier alpha value is -3.25. The molecule has 0 radical (unpaired) electrons. The summed E-state index contributed by atoms with van der Waals surface area (Å²) in [5, 5.41) is 1.77. The zero-order valence-corrected chi connectivity index (χ0v) is 16.8. The van der Waals surface area contributed by atoms with Crippen molar-refractivity contribution < 1.29 is 13.2 Å². The molecule has 0 aliphatic carbocycles. The zero-order chi connectivity index (χ0) is 20.7. The van der Waals surface area contributed by atoms with Crippen molar-refractivity contribution in [3.05, 3.63) is 102 Å². The fraction of sp³-hybridized carbons (Fsp3) is 0.130. The number of amides is 1. The molecule has 1 amide bonds. The number of carbonyl (C=O) groups is 1. The predicted molar refractivity (Wildman–Crippen MR) is 114 cm³/mol. The van der Waals surface area contributed by atoms with Crippen molar-refractivity contribution in [1.29, 1.82) is 0 Å². The molecule has 3 rings (SSSR count). The molecule has 148 valence electrons. The summed E-state index contributed by atoms with van der Waals surface area (Å²) < 4.78 is 26.5. The van der Waals surface area contributed by atoms with E-state index in [9.17, 15) is 13.2 Å². The van der Waals surface area contributed by atoms with Crippen molar-refractivity contribution in [1.82, 2.24) is 10.3 Å². The van der Waals surface area contributed by atoms with E-state index in [1.54, 1.807) is 48.7 Å². The van der Waals surface area contributed by atoms with Crippen molar-refractivity contribution in [2.75, 3.05) is 6.54 Å². The second-order valence-electron chi connectivity index (χ2n) is 6.62. The van der Waals surface area contributed by atoms with Gasteiger partial charge in [-0.25, -0.2) is 8.42 Å². The fourth-order valence-electron chi connectivity index (χ4n) is 2.85. The van der Waals surface area contributed by atoms with E-state index in [1.807, 2.05) is 37.3 Å². The molecule has 1 atom stereocenters. The highest BCUT2D eigenvalue weighted by Crippen LogP contribution is 2.28. The Morgan fingerprint density at radius 3 is 2.41 bits per heavy atom. The SMILES string of the molecule is Cc1ccc(S(=O)(=O)[C@H](CNC(=O)/C=C/c2ccccc2)c2cccnc2)cc1. The molecule has 0 spiro atoms. The highest BCUT2D eigenvalue weighted by Gasteiger charge is 2.29. The zero-order valence-electron chi connectivity index (χ0n) is 16.0. The van der Waals surface area contributed by atoms with Crippen molar-refractivity contribution >= 4 is 21.8 Å². The molecule has 1 aromatic heterocycles. The topological polar surface area (TPSA) is 76.1 Å². The van der Waals surface area contributed by atoms with Crippen LogP contribution in [-0.2, 0) is 14.6 Å². The van der Waals surface area contributed by atoms with Gasteiger partial charge in [0.1, 0.15) is 5.25 Å². The number of rotatable bonds is 7. The molecule has 0 aliphatic rings. The first-order chi connectivity index (χ1) is 14.0. The van der Waals surface area contributed by atoms with Gasteiger partial charge in [-0.1, -0.05) is 54.1 Å². The van der Waals surface area contributed by atoms with Gasteiger partial charge < -0.3 is 5.32 Å². The fourth-order valence-corrected chi connectivity index (χ4v) is 4.50. The first kappa shape index (κ1) is 20.5. The Bertz CT molecular complexity index is 1080. The summed E-state index contributed by atoms with van der Waals surface area (Å²) in [6.45, 7) is 1.84. The first-order valence-electron chi connectivity index (χ1n) is 9.18. The highest BCUT2D eigenvalue weighted by atomic mass is 32.2. The van der Waals surface area contributed by atoms with Crippen LogP contribution < -0.4 is 5.32 Å². The van der Waals surface area contributed by atoms with Gasteiger partial charge in [0.05, 0.1) is 4.90 Å². The average molecular weight is 407 g/mol. The third kappa shape index (κ3) is 5.39. The minimum atomic E-state index is -3.71. The van der Waals surface area contributed by atoms with E-state index in [2.05, 4.69) is 10.3 Å². The maximum Gasteiger partial charge on any atom is 0.244 e. The predicted octanol–water partition coefficient (Wildman–Crippen LogP) is 3.73. The van der Waals surface area contributed by atoms with E-state index in [1.165, 1.54) is 12.3 Å². The number of aryl methyl sites for hydroxylation is 1. The van der Waals surface area contributed by atoms with E-state index in [0.717, 1.165) is 11.1 Å². The largest absolute Gasteiger partial charge is 0.351 e. The quantitative estimate of drug-likeness (QED) is 0.607. The van der Waals surface area contributed by atoms with Crippen LogP contribution in [0.2, 0.25) is 0 Å².